The molecule has 2 aromatic heterocycles. The van der Waals surface area contributed by atoms with Gasteiger partial charge in [0.25, 0.3) is 0 Å². The normalized spacial score (nSPS) is 11.2. The Bertz CT molecular complexity index is 780. The van der Waals surface area contributed by atoms with Crippen molar-refractivity contribution in [2.45, 2.75) is 20.8 Å². The standard InChI is InChI=1S/C17H17N3OS/c1-11-7-12(2)16(13(3)8-11)15-10-22-17(19-15)20-18-9-14-5-4-6-21-14/h4-10H,1-3H3,(H,19,20)/b18-9+. The van der Waals surface area contributed by atoms with Gasteiger partial charge in [-0.3, -0.25) is 5.43 Å². The molecule has 1 N–H and O–H groups in total. The number of nitrogens with zero attached hydrogens (tertiary/aromatic N) is 2. The maximum absolute atomic E-state index is 5.18. The van der Waals surface area contributed by atoms with Crippen LogP contribution in [0.4, 0.5) is 5.13 Å². The largest absolute Gasteiger partial charge is 0.463 e. The molecule has 4 nitrogen and oxygen atoms in total. The van der Waals surface area contributed by atoms with Crippen molar-refractivity contribution in [2.75, 3.05) is 5.43 Å². The molecule has 0 aliphatic rings. The molecule has 112 valence electrons. The molecular formula is C17H17N3OS. The fourth-order valence-electron chi connectivity index (χ4n) is 2.54. The van der Waals surface area contributed by atoms with Gasteiger partial charge in [-0.15, -0.1) is 11.3 Å². The van der Waals surface area contributed by atoms with Gasteiger partial charge < -0.3 is 4.42 Å². The van der Waals surface area contributed by atoms with Crippen LogP contribution >= 0.6 is 11.3 Å². The van der Waals surface area contributed by atoms with Crippen molar-refractivity contribution in [3.63, 3.8) is 0 Å². The number of rotatable bonds is 4. The lowest BCUT2D eigenvalue weighted by atomic mass is 9.98. The van der Waals surface area contributed by atoms with Crippen molar-refractivity contribution >= 4 is 22.7 Å². The van der Waals surface area contributed by atoms with Gasteiger partial charge in [0.15, 0.2) is 0 Å². The SMILES string of the molecule is Cc1cc(C)c(-c2csc(N/N=C/c3ccco3)n2)c(C)c1. The van der Waals surface area contributed by atoms with Crippen LogP contribution < -0.4 is 5.43 Å². The van der Waals surface area contributed by atoms with Gasteiger partial charge >= 0.3 is 0 Å². The molecule has 1 aromatic carbocycles. The third-order valence-electron chi connectivity index (χ3n) is 3.33. The average Bonchev–Trinajstić information content (AvgIpc) is 3.10. The van der Waals surface area contributed by atoms with Crippen molar-refractivity contribution in [3.05, 3.63) is 58.4 Å². The Labute approximate surface area is 133 Å². The predicted molar refractivity (Wildman–Crippen MR) is 91.7 cm³/mol. The minimum absolute atomic E-state index is 0.703. The lowest BCUT2D eigenvalue weighted by molar-refractivity contribution is 0.560. The molecule has 2 heterocycles. The van der Waals surface area contributed by atoms with Crippen molar-refractivity contribution in [2.24, 2.45) is 5.10 Å². The molecule has 3 rings (SSSR count). The molecule has 0 saturated carbocycles. The van der Waals surface area contributed by atoms with E-state index in [1.807, 2.05) is 12.1 Å². The minimum atomic E-state index is 0.703. The van der Waals surface area contributed by atoms with Crippen molar-refractivity contribution in [1.29, 1.82) is 0 Å². The molecule has 5 heteroatoms. The zero-order chi connectivity index (χ0) is 15.5. The van der Waals surface area contributed by atoms with E-state index in [0.29, 0.717) is 5.76 Å². The summed E-state index contributed by atoms with van der Waals surface area (Å²) in [5.74, 6) is 0.703. The van der Waals surface area contributed by atoms with E-state index in [-0.39, 0.29) is 0 Å². The van der Waals surface area contributed by atoms with Crippen LogP contribution in [0, 0.1) is 20.8 Å². The molecule has 0 saturated heterocycles. The third kappa shape index (κ3) is 3.09. The summed E-state index contributed by atoms with van der Waals surface area (Å²) < 4.78 is 5.18. The van der Waals surface area contributed by atoms with Crippen LogP contribution in [0.3, 0.4) is 0 Å². The summed E-state index contributed by atoms with van der Waals surface area (Å²) >= 11 is 1.54. The molecule has 0 aliphatic carbocycles. The van der Waals surface area contributed by atoms with Gasteiger partial charge in [-0.25, -0.2) is 4.98 Å². The molecule has 0 spiro atoms. The zero-order valence-corrected chi connectivity index (χ0v) is 13.6. The summed E-state index contributed by atoms with van der Waals surface area (Å²) in [7, 11) is 0. The van der Waals surface area contributed by atoms with E-state index in [1.54, 1.807) is 12.5 Å². The summed E-state index contributed by atoms with van der Waals surface area (Å²) in [6.45, 7) is 6.36. The van der Waals surface area contributed by atoms with Gasteiger partial charge in [0.05, 0.1) is 18.2 Å². The number of hydrogen-bond donors (Lipinski definition) is 1. The number of aromatic nitrogens is 1. The summed E-state index contributed by atoms with van der Waals surface area (Å²) in [4.78, 5) is 4.61. The van der Waals surface area contributed by atoms with Crippen LogP contribution in [0.5, 0.6) is 0 Å². The number of anilines is 1. The summed E-state index contributed by atoms with van der Waals surface area (Å²) in [5.41, 5.74) is 8.88. The lowest BCUT2D eigenvalue weighted by Gasteiger charge is -2.08. The van der Waals surface area contributed by atoms with Crippen LogP contribution in [0.2, 0.25) is 0 Å². The average molecular weight is 311 g/mol. The highest BCUT2D eigenvalue weighted by Gasteiger charge is 2.10. The minimum Gasteiger partial charge on any atom is -0.463 e. The smallest absolute Gasteiger partial charge is 0.203 e. The first-order chi connectivity index (χ1) is 10.6. The van der Waals surface area contributed by atoms with Crippen molar-refractivity contribution < 1.29 is 4.42 Å². The van der Waals surface area contributed by atoms with E-state index >= 15 is 0 Å². The molecule has 0 fully saturated rings. The van der Waals surface area contributed by atoms with Gasteiger partial charge in [0.1, 0.15) is 5.76 Å². The number of thiazole rings is 1. The fourth-order valence-corrected chi connectivity index (χ4v) is 3.19. The quantitative estimate of drug-likeness (QED) is 0.557. The summed E-state index contributed by atoms with van der Waals surface area (Å²) in [6.07, 6.45) is 3.25. The monoisotopic (exact) mass is 311 g/mol. The summed E-state index contributed by atoms with van der Waals surface area (Å²) in [5, 5.41) is 6.94. The summed E-state index contributed by atoms with van der Waals surface area (Å²) in [6, 6.07) is 8.04. The van der Waals surface area contributed by atoms with Gasteiger partial charge in [-0.1, -0.05) is 17.7 Å². The number of furan rings is 1. The molecule has 3 aromatic rings. The van der Waals surface area contributed by atoms with Gasteiger partial charge in [0, 0.05) is 10.9 Å². The Morgan fingerprint density at radius 3 is 2.68 bits per heavy atom. The zero-order valence-electron chi connectivity index (χ0n) is 12.8. The Balaban J connectivity index is 1.79. The third-order valence-corrected chi connectivity index (χ3v) is 4.08. The highest BCUT2D eigenvalue weighted by atomic mass is 32.1. The Morgan fingerprint density at radius 1 is 1.23 bits per heavy atom. The highest BCUT2D eigenvalue weighted by Crippen LogP contribution is 2.30. The molecule has 0 bridgehead atoms. The van der Waals surface area contributed by atoms with Crippen LogP contribution in [0.1, 0.15) is 22.5 Å². The van der Waals surface area contributed by atoms with E-state index in [4.69, 9.17) is 4.42 Å². The highest BCUT2D eigenvalue weighted by molar-refractivity contribution is 7.14. The van der Waals surface area contributed by atoms with E-state index in [1.165, 1.54) is 33.6 Å². The van der Waals surface area contributed by atoms with Crippen molar-refractivity contribution in [1.82, 2.24) is 4.98 Å². The molecule has 0 aliphatic heterocycles. The van der Waals surface area contributed by atoms with Crippen LogP contribution in [0.15, 0.2) is 45.4 Å². The van der Waals surface area contributed by atoms with E-state index < -0.39 is 0 Å². The molecule has 0 unspecified atom stereocenters. The second-order valence-electron chi connectivity index (χ2n) is 5.20. The van der Waals surface area contributed by atoms with Crippen LogP contribution in [0.25, 0.3) is 11.3 Å². The Morgan fingerprint density at radius 2 is 2.00 bits per heavy atom. The van der Waals surface area contributed by atoms with Crippen LogP contribution in [-0.4, -0.2) is 11.2 Å². The molecule has 0 amide bonds. The Kier molecular flexibility index (Phi) is 4.06. The van der Waals surface area contributed by atoms with Gasteiger partial charge in [-0.05, 0) is 44.0 Å². The van der Waals surface area contributed by atoms with E-state index in [9.17, 15) is 0 Å². The van der Waals surface area contributed by atoms with Gasteiger partial charge in [0.2, 0.25) is 5.13 Å². The van der Waals surface area contributed by atoms with Crippen molar-refractivity contribution in [3.8, 4) is 11.3 Å². The first-order valence-electron chi connectivity index (χ1n) is 7.00. The predicted octanol–water partition coefficient (Wildman–Crippen LogP) is 4.77. The first-order valence-corrected chi connectivity index (χ1v) is 7.88. The number of nitrogens with one attached hydrogen (secondary N) is 1. The second kappa shape index (κ2) is 6.15. The Hall–Kier alpha value is -2.40. The molecular weight excluding hydrogens is 294 g/mol. The first kappa shape index (κ1) is 14.5. The van der Waals surface area contributed by atoms with Crippen LogP contribution in [-0.2, 0) is 0 Å². The molecule has 22 heavy (non-hydrogen) atoms. The number of hydrazone groups is 1. The second-order valence-corrected chi connectivity index (χ2v) is 6.06. The molecule has 0 atom stereocenters. The molecule has 0 radical (unpaired) electrons. The maximum Gasteiger partial charge on any atom is 0.203 e. The number of benzene rings is 1. The fraction of sp³-hybridized carbons (Fsp3) is 0.176. The topological polar surface area (TPSA) is 50.4 Å². The van der Waals surface area contributed by atoms with E-state index in [2.05, 4.69) is 53.8 Å². The number of aryl methyl sites for hydroxylation is 3. The van der Waals surface area contributed by atoms with E-state index in [0.717, 1.165) is 10.8 Å². The number of hydrogen-bond acceptors (Lipinski definition) is 5. The van der Waals surface area contributed by atoms with Gasteiger partial charge in [-0.2, -0.15) is 5.10 Å². The lowest BCUT2D eigenvalue weighted by Crippen LogP contribution is -1.92. The maximum atomic E-state index is 5.18.